The van der Waals surface area contributed by atoms with E-state index in [1.807, 2.05) is 12.1 Å². The predicted octanol–water partition coefficient (Wildman–Crippen LogP) is 7.04. The minimum absolute atomic E-state index is 0.846. The van der Waals surface area contributed by atoms with Gasteiger partial charge >= 0.3 is 0 Å². The fourth-order valence-electron chi connectivity index (χ4n) is 3.05. The van der Waals surface area contributed by atoms with Crippen molar-refractivity contribution < 1.29 is 4.74 Å². The van der Waals surface area contributed by atoms with Gasteiger partial charge in [-0.1, -0.05) is 56.1 Å². The summed E-state index contributed by atoms with van der Waals surface area (Å²) in [4.78, 5) is 3.58. The monoisotopic (exact) mass is 455 g/mol. The van der Waals surface area contributed by atoms with Gasteiger partial charge in [-0.25, -0.2) is 0 Å². The Hall–Kier alpha value is -2.04. The summed E-state index contributed by atoms with van der Waals surface area (Å²) in [6.07, 6.45) is 0. The van der Waals surface area contributed by atoms with Gasteiger partial charge in [-0.15, -0.1) is 0 Å². The van der Waals surface area contributed by atoms with Crippen LogP contribution in [0.4, 0.5) is 0 Å². The molecule has 4 heteroatoms. The minimum Gasteiger partial charge on any atom is -0.497 e. The second-order valence-electron chi connectivity index (χ2n) is 5.80. The minimum atomic E-state index is 0.846. The average Bonchev–Trinajstić information content (AvgIpc) is 3.01. The van der Waals surface area contributed by atoms with E-state index in [0.29, 0.717) is 0 Å². The van der Waals surface area contributed by atoms with Crippen molar-refractivity contribution in [3.05, 3.63) is 75.7 Å². The van der Waals surface area contributed by atoms with E-state index in [1.165, 1.54) is 16.5 Å². The third kappa shape index (κ3) is 3.12. The molecule has 124 valence electrons. The third-order valence-electron chi connectivity index (χ3n) is 4.27. The van der Waals surface area contributed by atoms with Gasteiger partial charge in [0.05, 0.1) is 18.3 Å². The quantitative estimate of drug-likeness (QED) is 0.351. The van der Waals surface area contributed by atoms with Crippen LogP contribution in [0, 0.1) is 0 Å². The Morgan fingerprint density at radius 3 is 1.96 bits per heavy atom. The largest absolute Gasteiger partial charge is 0.497 e. The molecule has 0 aliphatic carbocycles. The van der Waals surface area contributed by atoms with Crippen LogP contribution in [-0.2, 0) is 0 Å². The first-order valence-electron chi connectivity index (χ1n) is 7.87. The lowest BCUT2D eigenvalue weighted by atomic mass is 9.98. The molecule has 0 radical (unpaired) electrons. The van der Waals surface area contributed by atoms with Crippen LogP contribution in [0.15, 0.2) is 75.7 Å². The molecule has 0 bridgehead atoms. The number of ether oxygens (including phenoxy) is 1. The van der Waals surface area contributed by atoms with Gasteiger partial charge in [0.2, 0.25) is 0 Å². The Morgan fingerprint density at radius 2 is 1.36 bits per heavy atom. The van der Waals surface area contributed by atoms with E-state index in [-0.39, 0.29) is 0 Å². The van der Waals surface area contributed by atoms with E-state index in [9.17, 15) is 0 Å². The summed E-state index contributed by atoms with van der Waals surface area (Å²) in [6.45, 7) is 0. The molecule has 2 nitrogen and oxygen atoms in total. The number of hydrogen-bond donors (Lipinski definition) is 1. The van der Waals surface area contributed by atoms with E-state index < -0.39 is 0 Å². The molecule has 0 fully saturated rings. The molecule has 0 spiro atoms. The van der Waals surface area contributed by atoms with Crippen LogP contribution in [0.2, 0.25) is 0 Å². The molecule has 4 rings (SSSR count). The number of H-pyrrole nitrogens is 1. The fraction of sp³-hybridized carbons (Fsp3) is 0.0476. The molecule has 1 aromatic heterocycles. The van der Waals surface area contributed by atoms with Crippen LogP contribution in [0.3, 0.4) is 0 Å². The van der Waals surface area contributed by atoms with Crippen LogP contribution < -0.4 is 4.74 Å². The Bertz CT molecular complexity index is 1030. The maximum absolute atomic E-state index is 5.38. The van der Waals surface area contributed by atoms with Gasteiger partial charge in [0.1, 0.15) is 5.75 Å². The molecule has 0 aliphatic heterocycles. The zero-order valence-corrected chi connectivity index (χ0v) is 16.7. The Balaban J connectivity index is 2.01. The highest BCUT2D eigenvalue weighted by Gasteiger charge is 2.15. The molecule has 0 saturated heterocycles. The number of fused-ring (bicyclic) bond motifs is 1. The molecule has 25 heavy (non-hydrogen) atoms. The van der Waals surface area contributed by atoms with Crippen molar-refractivity contribution in [3.8, 4) is 28.1 Å². The maximum Gasteiger partial charge on any atom is 0.120 e. The van der Waals surface area contributed by atoms with Crippen LogP contribution in [-0.4, -0.2) is 12.1 Å². The molecule has 0 aliphatic rings. The summed E-state index contributed by atoms with van der Waals surface area (Å²) in [5.41, 5.74) is 5.70. The zero-order valence-electron chi connectivity index (χ0n) is 13.5. The second kappa shape index (κ2) is 6.70. The second-order valence-corrected chi connectivity index (χ2v) is 7.63. The molecule has 0 amide bonds. The van der Waals surface area contributed by atoms with Crippen LogP contribution in [0.25, 0.3) is 33.3 Å². The molecule has 1 heterocycles. The Labute approximate surface area is 163 Å². The first-order valence-corrected chi connectivity index (χ1v) is 9.46. The topological polar surface area (TPSA) is 25.0 Å². The van der Waals surface area contributed by atoms with Crippen molar-refractivity contribution >= 4 is 42.8 Å². The highest BCUT2D eigenvalue weighted by atomic mass is 79.9. The molecule has 0 saturated carbocycles. The van der Waals surface area contributed by atoms with Crippen molar-refractivity contribution in [1.29, 1.82) is 0 Å². The van der Waals surface area contributed by atoms with Gasteiger partial charge in [-0.05, 0) is 47.5 Å². The lowest BCUT2D eigenvalue weighted by Gasteiger charge is -2.06. The number of benzene rings is 3. The number of nitrogens with one attached hydrogen (secondary N) is 1. The fourth-order valence-corrected chi connectivity index (χ4v) is 3.58. The molecular formula is C21H15Br2NO. The summed E-state index contributed by atoms with van der Waals surface area (Å²) >= 11 is 7.03. The highest BCUT2D eigenvalue weighted by molar-refractivity contribution is 9.10. The predicted molar refractivity (Wildman–Crippen MR) is 111 cm³/mol. The van der Waals surface area contributed by atoms with Crippen LogP contribution >= 0.6 is 31.9 Å². The summed E-state index contributed by atoms with van der Waals surface area (Å²) in [6, 6.07) is 22.9. The summed E-state index contributed by atoms with van der Waals surface area (Å²) in [5, 5.41) is 1.18. The smallest absolute Gasteiger partial charge is 0.120 e. The standard InChI is InChI=1S/C21H15Br2NO/c1-25-17-10-11-18-19(12-17)24-21(14-4-8-16(23)9-5-14)20(18)13-2-6-15(22)7-3-13/h2-12,24H,1H3. The van der Waals surface area contributed by atoms with Crippen LogP contribution in [0.1, 0.15) is 0 Å². The van der Waals surface area contributed by atoms with E-state index in [0.717, 1.165) is 31.5 Å². The number of halogens is 2. The number of aromatic amines is 1. The lowest BCUT2D eigenvalue weighted by Crippen LogP contribution is -1.83. The van der Waals surface area contributed by atoms with E-state index in [4.69, 9.17) is 4.74 Å². The molecule has 0 atom stereocenters. The normalized spacial score (nSPS) is 11.0. The molecular weight excluding hydrogens is 442 g/mol. The third-order valence-corrected chi connectivity index (χ3v) is 5.33. The SMILES string of the molecule is COc1ccc2c(-c3ccc(Br)cc3)c(-c3ccc(Br)cc3)[nH]c2c1. The lowest BCUT2D eigenvalue weighted by molar-refractivity contribution is 0.415. The van der Waals surface area contributed by atoms with Crippen molar-refractivity contribution in [2.24, 2.45) is 0 Å². The van der Waals surface area contributed by atoms with Crippen LogP contribution in [0.5, 0.6) is 5.75 Å². The van der Waals surface area contributed by atoms with Crippen molar-refractivity contribution in [1.82, 2.24) is 4.98 Å². The summed E-state index contributed by atoms with van der Waals surface area (Å²) in [7, 11) is 1.69. The number of hydrogen-bond acceptors (Lipinski definition) is 1. The zero-order chi connectivity index (χ0) is 17.4. The van der Waals surface area contributed by atoms with Crippen molar-refractivity contribution in [2.75, 3.05) is 7.11 Å². The Kier molecular flexibility index (Phi) is 4.40. The molecule has 3 aromatic carbocycles. The Morgan fingerprint density at radius 1 is 0.760 bits per heavy atom. The van der Waals surface area contributed by atoms with E-state index >= 15 is 0 Å². The molecule has 4 aromatic rings. The van der Waals surface area contributed by atoms with Crippen molar-refractivity contribution in [2.45, 2.75) is 0 Å². The van der Waals surface area contributed by atoms with Gasteiger partial charge in [-0.2, -0.15) is 0 Å². The molecule has 0 unspecified atom stereocenters. The van der Waals surface area contributed by atoms with E-state index in [1.54, 1.807) is 7.11 Å². The number of rotatable bonds is 3. The van der Waals surface area contributed by atoms with Gasteiger partial charge in [0.25, 0.3) is 0 Å². The van der Waals surface area contributed by atoms with Gasteiger partial charge < -0.3 is 9.72 Å². The highest BCUT2D eigenvalue weighted by Crippen LogP contribution is 2.39. The first kappa shape index (κ1) is 16.4. The number of aromatic nitrogens is 1. The average molecular weight is 457 g/mol. The van der Waals surface area contributed by atoms with Crippen molar-refractivity contribution in [3.63, 3.8) is 0 Å². The first-order chi connectivity index (χ1) is 12.2. The van der Waals surface area contributed by atoms with Gasteiger partial charge in [0.15, 0.2) is 0 Å². The summed E-state index contributed by atoms with van der Waals surface area (Å²) in [5.74, 6) is 0.846. The number of methoxy groups -OCH3 is 1. The van der Waals surface area contributed by atoms with E-state index in [2.05, 4.69) is 91.4 Å². The van der Waals surface area contributed by atoms with Gasteiger partial charge in [0, 0.05) is 26.0 Å². The van der Waals surface area contributed by atoms with Gasteiger partial charge in [-0.3, -0.25) is 0 Å². The maximum atomic E-state index is 5.38. The summed E-state index contributed by atoms with van der Waals surface area (Å²) < 4.78 is 7.52. The molecule has 1 N–H and O–H groups in total.